The highest BCUT2D eigenvalue weighted by Gasteiger charge is 2.35. The molecular formula is C11H19N5. The lowest BCUT2D eigenvalue weighted by molar-refractivity contribution is 0.268. The molecule has 0 radical (unpaired) electrons. The maximum absolute atomic E-state index is 5.31. The van der Waals surface area contributed by atoms with Crippen LogP contribution in [0.15, 0.2) is 6.20 Å². The molecule has 0 amide bonds. The molecule has 0 spiro atoms. The van der Waals surface area contributed by atoms with Gasteiger partial charge in [0.15, 0.2) is 0 Å². The molecular weight excluding hydrogens is 202 g/mol. The molecule has 5 nitrogen and oxygen atoms in total. The zero-order valence-electron chi connectivity index (χ0n) is 9.88. The van der Waals surface area contributed by atoms with Crippen molar-refractivity contribution in [3.8, 4) is 0 Å². The van der Waals surface area contributed by atoms with Crippen LogP contribution in [0.3, 0.4) is 0 Å². The molecule has 0 unspecified atom stereocenters. The number of nitrogen functional groups attached to an aromatic ring is 1. The smallest absolute Gasteiger partial charge is 0.239 e. The van der Waals surface area contributed by atoms with Crippen molar-refractivity contribution in [1.82, 2.24) is 9.97 Å². The van der Waals surface area contributed by atoms with Crippen molar-refractivity contribution in [2.45, 2.75) is 45.1 Å². The predicted octanol–water partition coefficient (Wildman–Crippen LogP) is 1.82. The first-order valence-corrected chi connectivity index (χ1v) is 5.77. The number of nitrogens with one attached hydrogen (secondary N) is 2. The molecule has 1 aromatic heterocycles. The van der Waals surface area contributed by atoms with Crippen LogP contribution in [0.1, 0.15) is 38.2 Å². The van der Waals surface area contributed by atoms with Gasteiger partial charge in [0.2, 0.25) is 5.95 Å². The fourth-order valence-electron chi connectivity index (χ4n) is 2.06. The van der Waals surface area contributed by atoms with Gasteiger partial charge in [-0.3, -0.25) is 5.43 Å². The van der Waals surface area contributed by atoms with Crippen LogP contribution in [0.2, 0.25) is 0 Å². The highest BCUT2D eigenvalue weighted by Crippen LogP contribution is 2.38. The molecule has 0 atom stereocenters. The minimum Gasteiger partial charge on any atom is -0.364 e. The molecule has 0 aliphatic heterocycles. The standard InChI is InChI=1S/C11H19N5/c1-3-11(5-4-6-11)15-9-8(2)7-13-10(14-9)16-12/h7H,3-6,12H2,1-2H3,(H2,13,14,15,16). The molecule has 1 fully saturated rings. The average molecular weight is 221 g/mol. The van der Waals surface area contributed by atoms with Crippen molar-refractivity contribution < 1.29 is 0 Å². The number of hydrogen-bond donors (Lipinski definition) is 3. The Bertz CT molecular complexity index is 367. The van der Waals surface area contributed by atoms with E-state index in [0.717, 1.165) is 17.8 Å². The normalized spacial score (nSPS) is 17.7. The van der Waals surface area contributed by atoms with Crippen LogP contribution in [0.4, 0.5) is 11.8 Å². The lowest BCUT2D eigenvalue weighted by atomic mass is 9.75. The number of nitrogens with zero attached hydrogens (tertiary/aromatic N) is 2. The number of aromatic nitrogens is 2. The first-order valence-electron chi connectivity index (χ1n) is 5.77. The van der Waals surface area contributed by atoms with E-state index in [-0.39, 0.29) is 5.54 Å². The Kier molecular flexibility index (Phi) is 2.96. The number of hydrogen-bond acceptors (Lipinski definition) is 5. The van der Waals surface area contributed by atoms with Crippen LogP contribution in [-0.4, -0.2) is 15.5 Å². The van der Waals surface area contributed by atoms with Gasteiger partial charge >= 0.3 is 0 Å². The van der Waals surface area contributed by atoms with Crippen LogP contribution in [0.5, 0.6) is 0 Å². The number of hydrazine groups is 1. The van der Waals surface area contributed by atoms with Crippen LogP contribution in [-0.2, 0) is 0 Å². The third-order valence-electron chi connectivity index (χ3n) is 3.47. The summed E-state index contributed by atoms with van der Waals surface area (Å²) < 4.78 is 0. The molecule has 2 rings (SSSR count). The second-order valence-corrected chi connectivity index (χ2v) is 4.48. The fraction of sp³-hybridized carbons (Fsp3) is 0.636. The van der Waals surface area contributed by atoms with E-state index in [1.54, 1.807) is 6.20 Å². The van der Waals surface area contributed by atoms with Gasteiger partial charge in [-0.2, -0.15) is 4.98 Å². The minimum atomic E-state index is 0.241. The summed E-state index contributed by atoms with van der Waals surface area (Å²) in [6.07, 6.45) is 6.65. The third-order valence-corrected chi connectivity index (χ3v) is 3.47. The minimum absolute atomic E-state index is 0.241. The summed E-state index contributed by atoms with van der Waals surface area (Å²) in [6, 6.07) is 0. The summed E-state index contributed by atoms with van der Waals surface area (Å²) in [5.41, 5.74) is 3.77. The summed E-state index contributed by atoms with van der Waals surface area (Å²) in [4.78, 5) is 8.42. The Morgan fingerprint density at radius 3 is 2.75 bits per heavy atom. The predicted molar refractivity (Wildman–Crippen MR) is 65.1 cm³/mol. The lowest BCUT2D eigenvalue weighted by Gasteiger charge is -2.42. The maximum Gasteiger partial charge on any atom is 0.239 e. The second kappa shape index (κ2) is 4.25. The van der Waals surface area contributed by atoms with E-state index < -0.39 is 0 Å². The Labute approximate surface area is 95.8 Å². The number of nitrogens with two attached hydrogens (primary N) is 1. The quantitative estimate of drug-likeness (QED) is 0.534. The van der Waals surface area contributed by atoms with Crippen molar-refractivity contribution in [3.05, 3.63) is 11.8 Å². The van der Waals surface area contributed by atoms with Crippen molar-refractivity contribution >= 4 is 11.8 Å². The van der Waals surface area contributed by atoms with Gasteiger partial charge in [0.1, 0.15) is 5.82 Å². The maximum atomic E-state index is 5.31. The molecule has 88 valence electrons. The number of anilines is 2. The second-order valence-electron chi connectivity index (χ2n) is 4.48. The Balaban J connectivity index is 2.19. The number of rotatable bonds is 4. The van der Waals surface area contributed by atoms with Crippen molar-refractivity contribution in [2.75, 3.05) is 10.7 Å². The van der Waals surface area contributed by atoms with Crippen LogP contribution in [0.25, 0.3) is 0 Å². The van der Waals surface area contributed by atoms with Gasteiger partial charge in [-0.05, 0) is 32.6 Å². The summed E-state index contributed by atoms with van der Waals surface area (Å²) in [7, 11) is 0. The molecule has 4 N–H and O–H groups in total. The molecule has 1 aliphatic rings. The summed E-state index contributed by atoms with van der Waals surface area (Å²) >= 11 is 0. The van der Waals surface area contributed by atoms with Crippen LogP contribution >= 0.6 is 0 Å². The molecule has 5 heteroatoms. The van der Waals surface area contributed by atoms with Gasteiger partial charge in [0.25, 0.3) is 0 Å². The summed E-state index contributed by atoms with van der Waals surface area (Å²) in [6.45, 7) is 4.22. The van der Waals surface area contributed by atoms with E-state index in [1.807, 2.05) is 6.92 Å². The molecule has 1 aromatic rings. The van der Waals surface area contributed by atoms with Gasteiger partial charge in [-0.25, -0.2) is 10.8 Å². The van der Waals surface area contributed by atoms with Gasteiger partial charge < -0.3 is 5.32 Å². The van der Waals surface area contributed by atoms with E-state index in [2.05, 4.69) is 27.6 Å². The van der Waals surface area contributed by atoms with E-state index >= 15 is 0 Å². The first kappa shape index (κ1) is 11.1. The Hall–Kier alpha value is -1.36. The monoisotopic (exact) mass is 221 g/mol. The molecule has 1 heterocycles. The van der Waals surface area contributed by atoms with Crippen molar-refractivity contribution in [2.24, 2.45) is 5.84 Å². The molecule has 0 bridgehead atoms. The lowest BCUT2D eigenvalue weighted by Crippen LogP contribution is -2.44. The Morgan fingerprint density at radius 1 is 1.50 bits per heavy atom. The SMILES string of the molecule is CCC1(Nc2nc(NN)ncc2C)CCC1. The highest BCUT2D eigenvalue weighted by molar-refractivity contribution is 5.48. The molecule has 0 saturated heterocycles. The highest BCUT2D eigenvalue weighted by atomic mass is 15.3. The number of aryl methyl sites for hydroxylation is 1. The third kappa shape index (κ3) is 1.95. The fourth-order valence-corrected chi connectivity index (χ4v) is 2.06. The first-order chi connectivity index (χ1) is 7.69. The Morgan fingerprint density at radius 2 is 2.25 bits per heavy atom. The van der Waals surface area contributed by atoms with Crippen molar-refractivity contribution in [1.29, 1.82) is 0 Å². The summed E-state index contributed by atoms with van der Waals surface area (Å²) in [5, 5.41) is 3.54. The molecule has 1 saturated carbocycles. The summed E-state index contributed by atoms with van der Waals surface area (Å²) in [5.74, 6) is 6.66. The largest absolute Gasteiger partial charge is 0.364 e. The van der Waals surface area contributed by atoms with Gasteiger partial charge in [0.05, 0.1) is 0 Å². The molecule has 1 aliphatic carbocycles. The topological polar surface area (TPSA) is 75.9 Å². The van der Waals surface area contributed by atoms with Crippen LogP contribution < -0.4 is 16.6 Å². The molecule has 16 heavy (non-hydrogen) atoms. The van der Waals surface area contributed by atoms with E-state index in [1.165, 1.54) is 19.3 Å². The van der Waals surface area contributed by atoms with E-state index in [4.69, 9.17) is 5.84 Å². The zero-order chi connectivity index (χ0) is 11.6. The van der Waals surface area contributed by atoms with E-state index in [0.29, 0.717) is 5.95 Å². The zero-order valence-corrected chi connectivity index (χ0v) is 9.88. The van der Waals surface area contributed by atoms with Crippen LogP contribution in [0, 0.1) is 6.92 Å². The van der Waals surface area contributed by atoms with Gasteiger partial charge in [-0.1, -0.05) is 6.92 Å². The average Bonchev–Trinajstić information content (AvgIpc) is 2.26. The van der Waals surface area contributed by atoms with Gasteiger partial charge in [-0.15, -0.1) is 0 Å². The van der Waals surface area contributed by atoms with Gasteiger partial charge in [0, 0.05) is 17.3 Å². The molecule has 0 aromatic carbocycles. The van der Waals surface area contributed by atoms with E-state index in [9.17, 15) is 0 Å². The van der Waals surface area contributed by atoms with Crippen molar-refractivity contribution in [3.63, 3.8) is 0 Å².